The van der Waals surface area contributed by atoms with Crippen LogP contribution in [-0.2, 0) is 15.6 Å². The van der Waals surface area contributed by atoms with Crippen LogP contribution < -0.4 is 0 Å². The zero-order valence-electron chi connectivity index (χ0n) is 9.47. The standard InChI is InChI=1S/C11H10BrClN2O2S/c1-8-11(18(13,16)17)6-14-15(8)7-9-2-4-10(12)5-3-9/h2-6H,7H2,1H3. The maximum atomic E-state index is 11.3. The SMILES string of the molecule is Cc1c(S(=O)(=O)Cl)cnn1Cc1ccc(Br)cc1. The van der Waals surface area contributed by atoms with Crippen molar-refractivity contribution in [2.75, 3.05) is 0 Å². The summed E-state index contributed by atoms with van der Waals surface area (Å²) in [6.45, 7) is 2.19. The number of hydrogen-bond donors (Lipinski definition) is 0. The molecule has 0 aliphatic heterocycles. The quantitative estimate of drug-likeness (QED) is 0.801. The van der Waals surface area contributed by atoms with Crippen LogP contribution in [0.1, 0.15) is 11.3 Å². The molecule has 1 aromatic carbocycles. The molecular formula is C11H10BrClN2O2S. The monoisotopic (exact) mass is 348 g/mol. The molecule has 4 nitrogen and oxygen atoms in total. The Morgan fingerprint density at radius 2 is 1.94 bits per heavy atom. The second-order valence-corrected chi connectivity index (χ2v) is 7.27. The van der Waals surface area contributed by atoms with Crippen LogP contribution in [-0.4, -0.2) is 18.2 Å². The highest BCUT2D eigenvalue weighted by molar-refractivity contribution is 9.10. The van der Waals surface area contributed by atoms with Gasteiger partial charge in [-0.25, -0.2) is 8.42 Å². The summed E-state index contributed by atoms with van der Waals surface area (Å²) in [6, 6.07) is 7.74. The summed E-state index contributed by atoms with van der Waals surface area (Å²) < 4.78 is 25.1. The maximum Gasteiger partial charge on any atom is 0.264 e. The molecule has 0 saturated carbocycles. The summed E-state index contributed by atoms with van der Waals surface area (Å²) in [5.74, 6) is 0. The zero-order valence-corrected chi connectivity index (χ0v) is 12.6. The van der Waals surface area contributed by atoms with Crippen molar-refractivity contribution < 1.29 is 8.42 Å². The highest BCUT2D eigenvalue weighted by atomic mass is 79.9. The molecule has 0 radical (unpaired) electrons. The summed E-state index contributed by atoms with van der Waals surface area (Å²) in [4.78, 5) is 0.0567. The van der Waals surface area contributed by atoms with E-state index in [4.69, 9.17) is 10.7 Å². The summed E-state index contributed by atoms with van der Waals surface area (Å²) >= 11 is 3.36. The molecule has 0 atom stereocenters. The van der Waals surface area contributed by atoms with Gasteiger partial charge in [-0.2, -0.15) is 5.10 Å². The van der Waals surface area contributed by atoms with Crippen LogP contribution in [0.25, 0.3) is 0 Å². The van der Waals surface area contributed by atoms with Gasteiger partial charge in [0.05, 0.1) is 18.4 Å². The third-order valence-electron chi connectivity index (χ3n) is 2.57. The lowest BCUT2D eigenvalue weighted by atomic mass is 10.2. The Labute approximate surface area is 118 Å². The van der Waals surface area contributed by atoms with E-state index in [2.05, 4.69) is 21.0 Å². The lowest BCUT2D eigenvalue weighted by molar-refractivity contribution is 0.607. The van der Waals surface area contributed by atoms with Crippen LogP contribution in [0.5, 0.6) is 0 Å². The molecule has 0 N–H and O–H groups in total. The molecule has 0 aliphatic carbocycles. The Hall–Kier alpha value is -0.850. The number of benzene rings is 1. The Morgan fingerprint density at radius 1 is 1.33 bits per heavy atom. The van der Waals surface area contributed by atoms with Crippen LogP contribution in [0.15, 0.2) is 39.8 Å². The third kappa shape index (κ3) is 2.93. The van der Waals surface area contributed by atoms with Crippen molar-refractivity contribution in [1.82, 2.24) is 9.78 Å². The third-order valence-corrected chi connectivity index (χ3v) is 4.52. The summed E-state index contributed by atoms with van der Waals surface area (Å²) in [6.07, 6.45) is 1.27. The molecule has 0 aliphatic rings. The maximum absolute atomic E-state index is 11.3. The van der Waals surface area contributed by atoms with Crippen LogP contribution in [0.3, 0.4) is 0 Å². The molecule has 2 aromatic rings. The van der Waals surface area contributed by atoms with Gasteiger partial charge in [0.25, 0.3) is 9.05 Å². The first-order valence-electron chi connectivity index (χ1n) is 5.09. The van der Waals surface area contributed by atoms with Crippen LogP contribution in [0.2, 0.25) is 0 Å². The van der Waals surface area contributed by atoms with E-state index in [1.807, 2.05) is 24.3 Å². The van der Waals surface area contributed by atoms with Gasteiger partial charge in [-0.1, -0.05) is 28.1 Å². The van der Waals surface area contributed by atoms with Crippen molar-refractivity contribution >= 4 is 35.7 Å². The van der Waals surface area contributed by atoms with Gasteiger partial charge in [-0.15, -0.1) is 0 Å². The summed E-state index contributed by atoms with van der Waals surface area (Å²) in [5, 5.41) is 4.04. The number of halogens is 2. The van der Waals surface area contributed by atoms with Crippen molar-refractivity contribution in [3.05, 3.63) is 46.2 Å². The number of aromatic nitrogens is 2. The van der Waals surface area contributed by atoms with Gasteiger partial charge in [0.2, 0.25) is 0 Å². The Morgan fingerprint density at radius 3 is 2.44 bits per heavy atom. The first kappa shape index (κ1) is 13.6. The van der Waals surface area contributed by atoms with Crippen molar-refractivity contribution in [1.29, 1.82) is 0 Å². The van der Waals surface area contributed by atoms with E-state index in [1.54, 1.807) is 11.6 Å². The van der Waals surface area contributed by atoms with Gasteiger partial charge in [0.1, 0.15) is 4.90 Å². The minimum atomic E-state index is -3.73. The van der Waals surface area contributed by atoms with Crippen molar-refractivity contribution in [3.63, 3.8) is 0 Å². The highest BCUT2D eigenvalue weighted by Gasteiger charge is 2.17. The van der Waals surface area contributed by atoms with Crippen molar-refractivity contribution in [2.24, 2.45) is 0 Å². The Balaban J connectivity index is 2.31. The fourth-order valence-electron chi connectivity index (χ4n) is 1.59. The van der Waals surface area contributed by atoms with Crippen molar-refractivity contribution in [3.8, 4) is 0 Å². The Bertz CT molecular complexity index is 665. The predicted molar refractivity (Wildman–Crippen MR) is 73.2 cm³/mol. The van der Waals surface area contributed by atoms with E-state index in [0.29, 0.717) is 12.2 Å². The van der Waals surface area contributed by atoms with Gasteiger partial charge in [-0.05, 0) is 24.6 Å². The van der Waals surface area contributed by atoms with E-state index < -0.39 is 9.05 Å². The van der Waals surface area contributed by atoms with Gasteiger partial charge < -0.3 is 0 Å². The largest absolute Gasteiger partial charge is 0.264 e. The normalized spacial score (nSPS) is 11.7. The first-order chi connectivity index (χ1) is 8.38. The molecule has 96 valence electrons. The molecule has 7 heteroatoms. The number of nitrogens with zero attached hydrogens (tertiary/aromatic N) is 2. The second kappa shape index (κ2) is 5.03. The molecule has 18 heavy (non-hydrogen) atoms. The van der Waals surface area contributed by atoms with Crippen LogP contribution in [0.4, 0.5) is 0 Å². The minimum Gasteiger partial charge on any atom is -0.264 e. The van der Waals surface area contributed by atoms with E-state index in [9.17, 15) is 8.42 Å². The van der Waals surface area contributed by atoms with Crippen LogP contribution >= 0.6 is 26.6 Å². The minimum absolute atomic E-state index is 0.0567. The van der Waals surface area contributed by atoms with E-state index in [1.165, 1.54) is 6.20 Å². The summed E-state index contributed by atoms with van der Waals surface area (Å²) in [7, 11) is 1.58. The predicted octanol–water partition coefficient (Wildman–Crippen LogP) is 2.93. The van der Waals surface area contributed by atoms with Crippen LogP contribution in [0, 0.1) is 6.92 Å². The van der Waals surface area contributed by atoms with Gasteiger partial charge in [0, 0.05) is 15.2 Å². The molecule has 0 bridgehead atoms. The van der Waals surface area contributed by atoms with Gasteiger partial charge in [0.15, 0.2) is 0 Å². The topological polar surface area (TPSA) is 52.0 Å². The average molecular weight is 350 g/mol. The van der Waals surface area contributed by atoms with E-state index in [0.717, 1.165) is 10.0 Å². The molecule has 0 unspecified atom stereocenters. The molecule has 1 heterocycles. The Kier molecular flexibility index (Phi) is 3.79. The molecule has 0 amide bonds. The fraction of sp³-hybridized carbons (Fsp3) is 0.182. The van der Waals surface area contributed by atoms with E-state index >= 15 is 0 Å². The second-order valence-electron chi connectivity index (χ2n) is 3.82. The van der Waals surface area contributed by atoms with Crippen molar-refractivity contribution in [2.45, 2.75) is 18.4 Å². The molecule has 0 fully saturated rings. The zero-order chi connectivity index (χ0) is 13.3. The van der Waals surface area contributed by atoms with Gasteiger partial charge in [-0.3, -0.25) is 4.68 Å². The number of hydrogen-bond acceptors (Lipinski definition) is 3. The summed E-state index contributed by atoms with van der Waals surface area (Å²) in [5.41, 5.74) is 1.57. The molecule has 0 spiro atoms. The highest BCUT2D eigenvalue weighted by Crippen LogP contribution is 2.20. The van der Waals surface area contributed by atoms with E-state index in [-0.39, 0.29) is 4.90 Å². The lowest BCUT2D eigenvalue weighted by Gasteiger charge is -2.05. The fourth-order valence-corrected chi connectivity index (χ4v) is 2.94. The molecular weight excluding hydrogens is 340 g/mol. The number of rotatable bonds is 3. The van der Waals surface area contributed by atoms with Gasteiger partial charge >= 0.3 is 0 Å². The molecule has 0 saturated heterocycles. The lowest BCUT2D eigenvalue weighted by Crippen LogP contribution is -2.04. The first-order valence-corrected chi connectivity index (χ1v) is 8.19. The molecule has 1 aromatic heterocycles. The molecule has 2 rings (SSSR count). The smallest absolute Gasteiger partial charge is 0.264 e. The average Bonchev–Trinajstić information content (AvgIpc) is 2.63.